The third-order valence-electron chi connectivity index (χ3n) is 2.33. The summed E-state index contributed by atoms with van der Waals surface area (Å²) in [6.07, 6.45) is 0.631. The van der Waals surface area contributed by atoms with Crippen molar-refractivity contribution in [3.63, 3.8) is 0 Å². The molecule has 0 fully saturated rings. The first-order valence-electron chi connectivity index (χ1n) is 5.29. The molecule has 0 aromatic heterocycles. The SMILES string of the molecule is COC(=O)c1ccc(NCC=O)c(C(=N)C(N)=O)c1. The first-order valence-corrected chi connectivity index (χ1v) is 5.29. The van der Waals surface area contributed by atoms with Crippen LogP contribution in [0, 0.1) is 5.41 Å². The summed E-state index contributed by atoms with van der Waals surface area (Å²) < 4.78 is 4.55. The lowest BCUT2D eigenvalue weighted by Crippen LogP contribution is -2.24. The highest BCUT2D eigenvalue weighted by molar-refractivity contribution is 6.44. The number of anilines is 1. The van der Waals surface area contributed by atoms with Crippen molar-refractivity contribution in [1.82, 2.24) is 0 Å². The maximum atomic E-state index is 11.4. The van der Waals surface area contributed by atoms with Gasteiger partial charge in [0.1, 0.15) is 12.0 Å². The van der Waals surface area contributed by atoms with Crippen molar-refractivity contribution in [3.8, 4) is 0 Å². The predicted molar refractivity (Wildman–Crippen MR) is 68.4 cm³/mol. The Morgan fingerprint density at radius 1 is 1.47 bits per heavy atom. The van der Waals surface area contributed by atoms with Crippen LogP contribution in [0.25, 0.3) is 0 Å². The van der Waals surface area contributed by atoms with Crippen LogP contribution < -0.4 is 11.1 Å². The molecule has 0 radical (unpaired) electrons. The molecule has 100 valence electrons. The van der Waals surface area contributed by atoms with Crippen molar-refractivity contribution in [3.05, 3.63) is 29.3 Å². The van der Waals surface area contributed by atoms with Crippen LogP contribution in [-0.4, -0.2) is 37.5 Å². The second kappa shape index (κ2) is 6.29. The number of primary amides is 1. The number of benzene rings is 1. The van der Waals surface area contributed by atoms with E-state index in [1.54, 1.807) is 0 Å². The zero-order valence-corrected chi connectivity index (χ0v) is 10.2. The molecule has 1 aromatic carbocycles. The average molecular weight is 263 g/mol. The van der Waals surface area contributed by atoms with E-state index in [0.717, 1.165) is 0 Å². The molecule has 7 nitrogen and oxygen atoms in total. The molecule has 0 heterocycles. The molecule has 0 aliphatic carbocycles. The van der Waals surface area contributed by atoms with Gasteiger partial charge in [-0.05, 0) is 18.2 Å². The normalized spacial score (nSPS) is 9.53. The van der Waals surface area contributed by atoms with Gasteiger partial charge in [-0.15, -0.1) is 0 Å². The number of hydrogen-bond donors (Lipinski definition) is 3. The maximum Gasteiger partial charge on any atom is 0.337 e. The van der Waals surface area contributed by atoms with Gasteiger partial charge in [0.2, 0.25) is 0 Å². The van der Waals surface area contributed by atoms with Gasteiger partial charge in [0.05, 0.1) is 19.2 Å². The minimum atomic E-state index is -0.934. The van der Waals surface area contributed by atoms with E-state index in [1.807, 2.05) is 0 Å². The number of carbonyl (C=O) groups is 3. The Hall–Kier alpha value is -2.70. The summed E-state index contributed by atoms with van der Waals surface area (Å²) in [5.41, 5.74) is 5.27. The number of aldehydes is 1. The minimum Gasteiger partial charge on any atom is -0.465 e. The highest BCUT2D eigenvalue weighted by Gasteiger charge is 2.16. The molecule has 0 spiro atoms. The Kier molecular flexibility index (Phi) is 4.76. The number of amides is 1. The lowest BCUT2D eigenvalue weighted by atomic mass is 10.0. The van der Waals surface area contributed by atoms with Crippen LogP contribution in [0.1, 0.15) is 15.9 Å². The number of methoxy groups -OCH3 is 1. The van der Waals surface area contributed by atoms with Crippen LogP contribution in [0.15, 0.2) is 18.2 Å². The van der Waals surface area contributed by atoms with Crippen LogP contribution in [-0.2, 0) is 14.3 Å². The molecular formula is C12H13N3O4. The van der Waals surface area contributed by atoms with Gasteiger partial charge in [-0.25, -0.2) is 4.79 Å². The van der Waals surface area contributed by atoms with E-state index < -0.39 is 17.6 Å². The van der Waals surface area contributed by atoms with Crippen molar-refractivity contribution in [2.75, 3.05) is 19.0 Å². The number of nitrogens with two attached hydrogens (primary N) is 1. The summed E-state index contributed by atoms with van der Waals surface area (Å²) in [5.74, 6) is -1.53. The zero-order chi connectivity index (χ0) is 14.4. The van der Waals surface area contributed by atoms with E-state index in [4.69, 9.17) is 11.1 Å². The number of ether oxygens (including phenoxy) is 1. The molecule has 0 atom stereocenters. The van der Waals surface area contributed by atoms with Crippen molar-refractivity contribution >= 4 is 29.6 Å². The van der Waals surface area contributed by atoms with E-state index in [2.05, 4.69) is 10.1 Å². The van der Waals surface area contributed by atoms with Crippen molar-refractivity contribution in [1.29, 1.82) is 5.41 Å². The second-order valence-corrected chi connectivity index (χ2v) is 3.54. The monoisotopic (exact) mass is 263 g/mol. The van der Waals surface area contributed by atoms with E-state index >= 15 is 0 Å². The fraction of sp³-hybridized carbons (Fsp3) is 0.167. The number of carbonyl (C=O) groups excluding carboxylic acids is 3. The summed E-state index contributed by atoms with van der Waals surface area (Å²) in [6, 6.07) is 4.24. The molecule has 0 aliphatic heterocycles. The molecule has 19 heavy (non-hydrogen) atoms. The van der Waals surface area contributed by atoms with E-state index in [-0.39, 0.29) is 17.7 Å². The zero-order valence-electron chi connectivity index (χ0n) is 10.2. The van der Waals surface area contributed by atoms with Gasteiger partial charge >= 0.3 is 5.97 Å². The van der Waals surface area contributed by atoms with Crippen LogP contribution in [0.4, 0.5) is 5.69 Å². The molecule has 1 aromatic rings. The van der Waals surface area contributed by atoms with Crippen molar-refractivity contribution in [2.24, 2.45) is 5.73 Å². The molecular weight excluding hydrogens is 250 g/mol. The largest absolute Gasteiger partial charge is 0.465 e. The van der Waals surface area contributed by atoms with Crippen LogP contribution in [0.3, 0.4) is 0 Å². The Labute approximate surface area is 109 Å². The predicted octanol–water partition coefficient (Wildman–Crippen LogP) is -0.0628. The van der Waals surface area contributed by atoms with E-state index in [9.17, 15) is 14.4 Å². The average Bonchev–Trinajstić information content (AvgIpc) is 2.43. The summed E-state index contributed by atoms with van der Waals surface area (Å²) in [5, 5.41) is 10.3. The minimum absolute atomic E-state index is 0.0105. The second-order valence-electron chi connectivity index (χ2n) is 3.54. The van der Waals surface area contributed by atoms with Gasteiger partial charge in [-0.3, -0.25) is 10.2 Å². The third-order valence-corrected chi connectivity index (χ3v) is 2.33. The molecule has 0 bridgehead atoms. The molecule has 1 rings (SSSR count). The highest BCUT2D eigenvalue weighted by atomic mass is 16.5. The van der Waals surface area contributed by atoms with Gasteiger partial charge in [-0.2, -0.15) is 0 Å². The fourth-order valence-electron chi connectivity index (χ4n) is 1.43. The summed E-state index contributed by atoms with van der Waals surface area (Å²) >= 11 is 0. The molecule has 0 saturated carbocycles. The lowest BCUT2D eigenvalue weighted by molar-refractivity contribution is -0.112. The number of hydrogen-bond acceptors (Lipinski definition) is 6. The van der Waals surface area contributed by atoms with E-state index in [1.165, 1.54) is 25.3 Å². The summed E-state index contributed by atoms with van der Waals surface area (Å²) in [7, 11) is 1.22. The Morgan fingerprint density at radius 2 is 2.16 bits per heavy atom. The standard InChI is InChI=1S/C12H13N3O4/c1-19-12(18)7-2-3-9(15-4-5-16)8(6-7)10(13)11(14)17/h2-3,5-6,13,15H,4H2,1H3,(H2,14,17). The van der Waals surface area contributed by atoms with Gasteiger partial charge < -0.3 is 20.6 Å². The molecule has 0 aliphatic rings. The molecule has 7 heteroatoms. The van der Waals surface area contributed by atoms with E-state index in [0.29, 0.717) is 12.0 Å². The van der Waals surface area contributed by atoms with Gasteiger partial charge in [0.25, 0.3) is 5.91 Å². The maximum absolute atomic E-state index is 11.4. The van der Waals surface area contributed by atoms with Gasteiger partial charge in [0, 0.05) is 11.3 Å². The number of rotatable bonds is 6. The van der Waals surface area contributed by atoms with Crippen molar-refractivity contribution in [2.45, 2.75) is 0 Å². The number of esters is 1. The molecule has 4 N–H and O–H groups in total. The smallest absolute Gasteiger partial charge is 0.337 e. The summed E-state index contributed by atoms with van der Waals surface area (Å²) in [6.45, 7) is 0.0105. The van der Waals surface area contributed by atoms with Crippen molar-refractivity contribution < 1.29 is 19.1 Å². The summed E-state index contributed by atoms with van der Waals surface area (Å²) in [4.78, 5) is 32.8. The quantitative estimate of drug-likeness (QED) is 0.377. The van der Waals surface area contributed by atoms with Gasteiger partial charge in [-0.1, -0.05) is 0 Å². The fourth-order valence-corrected chi connectivity index (χ4v) is 1.43. The lowest BCUT2D eigenvalue weighted by Gasteiger charge is -2.11. The Bertz CT molecular complexity index is 540. The van der Waals surface area contributed by atoms with Crippen LogP contribution in [0.2, 0.25) is 0 Å². The Morgan fingerprint density at radius 3 is 2.68 bits per heavy atom. The molecule has 0 saturated heterocycles. The first kappa shape index (κ1) is 14.4. The first-order chi connectivity index (χ1) is 9.01. The highest BCUT2D eigenvalue weighted by Crippen LogP contribution is 2.18. The van der Waals surface area contributed by atoms with Crippen LogP contribution in [0.5, 0.6) is 0 Å². The topological polar surface area (TPSA) is 122 Å². The molecule has 0 unspecified atom stereocenters. The number of nitrogens with one attached hydrogen (secondary N) is 2. The van der Waals surface area contributed by atoms with Gasteiger partial charge in [0.15, 0.2) is 0 Å². The van der Waals surface area contributed by atoms with Crippen LogP contribution >= 0.6 is 0 Å². The molecule has 1 amide bonds. The Balaban J connectivity index is 3.25. The third kappa shape index (κ3) is 3.38.